The lowest BCUT2D eigenvalue weighted by Crippen LogP contribution is -2.12. The summed E-state index contributed by atoms with van der Waals surface area (Å²) in [6, 6.07) is 8.82. The second-order valence-corrected chi connectivity index (χ2v) is 7.94. The molecule has 2 heterocycles. The first-order valence-corrected chi connectivity index (χ1v) is 9.90. The average Bonchev–Trinajstić information content (AvgIpc) is 3.29. The minimum absolute atomic E-state index is 0.294. The molecule has 0 aliphatic rings. The molecule has 2 aromatic carbocycles. The summed E-state index contributed by atoms with van der Waals surface area (Å²) in [6.07, 6.45) is 6.62. The molecule has 0 aliphatic heterocycles. The zero-order valence-corrected chi connectivity index (χ0v) is 17.4. The van der Waals surface area contributed by atoms with E-state index in [1.165, 1.54) is 0 Å². The SMILES string of the molecule is Clc1ccc(C(Cn2ccnc2)OCc2coc3c(Cl)cc(Cl)cc23)c(Cl)c1. The van der Waals surface area contributed by atoms with Crippen LogP contribution < -0.4 is 0 Å². The van der Waals surface area contributed by atoms with Crippen molar-refractivity contribution in [3.05, 3.63) is 86.5 Å². The van der Waals surface area contributed by atoms with Crippen LogP contribution in [0.25, 0.3) is 11.0 Å². The lowest BCUT2D eigenvalue weighted by molar-refractivity contribution is 0.0283. The fourth-order valence-electron chi connectivity index (χ4n) is 3.00. The number of benzene rings is 2. The summed E-state index contributed by atoms with van der Waals surface area (Å²) in [5, 5.41) is 2.93. The molecule has 1 atom stereocenters. The van der Waals surface area contributed by atoms with Crippen molar-refractivity contribution in [2.75, 3.05) is 0 Å². The fraction of sp³-hybridized carbons (Fsp3) is 0.150. The topological polar surface area (TPSA) is 40.2 Å². The predicted molar refractivity (Wildman–Crippen MR) is 112 cm³/mol. The number of imidazole rings is 1. The Morgan fingerprint density at radius 3 is 2.61 bits per heavy atom. The third-order valence-corrected chi connectivity index (χ3v) is 5.42. The zero-order chi connectivity index (χ0) is 19.7. The van der Waals surface area contributed by atoms with E-state index in [4.69, 9.17) is 55.6 Å². The van der Waals surface area contributed by atoms with Gasteiger partial charge in [0.25, 0.3) is 0 Å². The molecule has 1 unspecified atom stereocenters. The van der Waals surface area contributed by atoms with Gasteiger partial charge in [-0.15, -0.1) is 0 Å². The number of furan rings is 1. The minimum atomic E-state index is -0.321. The van der Waals surface area contributed by atoms with Crippen molar-refractivity contribution in [1.29, 1.82) is 0 Å². The monoisotopic (exact) mass is 454 g/mol. The predicted octanol–water partition coefficient (Wildman–Crippen LogP) is 7.20. The van der Waals surface area contributed by atoms with Crippen molar-refractivity contribution in [1.82, 2.24) is 9.55 Å². The number of aromatic nitrogens is 2. The van der Waals surface area contributed by atoms with Gasteiger partial charge in [-0.2, -0.15) is 0 Å². The van der Waals surface area contributed by atoms with Gasteiger partial charge in [0.2, 0.25) is 0 Å². The molecule has 0 radical (unpaired) electrons. The maximum atomic E-state index is 6.42. The van der Waals surface area contributed by atoms with Crippen LogP contribution >= 0.6 is 46.4 Å². The number of hydrogen-bond donors (Lipinski definition) is 0. The van der Waals surface area contributed by atoms with E-state index < -0.39 is 0 Å². The summed E-state index contributed by atoms with van der Waals surface area (Å²) in [4.78, 5) is 4.08. The van der Waals surface area contributed by atoms with E-state index in [2.05, 4.69) is 4.98 Å². The Labute approximate surface area is 181 Å². The molecule has 0 saturated carbocycles. The third kappa shape index (κ3) is 4.17. The van der Waals surface area contributed by atoms with Crippen LogP contribution in [0.15, 0.2) is 59.7 Å². The second-order valence-electron chi connectivity index (χ2n) is 6.25. The molecule has 0 fully saturated rings. The average molecular weight is 456 g/mol. The minimum Gasteiger partial charge on any atom is -0.462 e. The first-order valence-electron chi connectivity index (χ1n) is 8.38. The molecule has 8 heteroatoms. The highest BCUT2D eigenvalue weighted by Crippen LogP contribution is 2.34. The zero-order valence-electron chi connectivity index (χ0n) is 14.4. The van der Waals surface area contributed by atoms with E-state index in [9.17, 15) is 0 Å². The van der Waals surface area contributed by atoms with Gasteiger partial charge in [0.1, 0.15) is 6.10 Å². The Kier molecular flexibility index (Phi) is 5.85. The van der Waals surface area contributed by atoms with Gasteiger partial charge in [0.05, 0.1) is 30.8 Å². The molecule has 0 N–H and O–H groups in total. The standard InChI is InChI=1S/C20H14Cl4N2O2/c21-13-1-2-15(17(23)6-13)19(8-26-4-3-25-11-26)27-9-12-10-28-20-16(12)5-14(22)7-18(20)24/h1-7,10-11,19H,8-9H2. The molecule has 144 valence electrons. The lowest BCUT2D eigenvalue weighted by Gasteiger charge is -2.20. The van der Waals surface area contributed by atoms with Crippen LogP contribution in [0.5, 0.6) is 0 Å². The molecule has 4 rings (SSSR count). The number of hydrogen-bond acceptors (Lipinski definition) is 3. The molecule has 4 nitrogen and oxygen atoms in total. The molecular formula is C20H14Cl4N2O2. The summed E-state index contributed by atoms with van der Waals surface area (Å²) in [5.74, 6) is 0. The van der Waals surface area contributed by atoms with Crippen molar-refractivity contribution < 1.29 is 9.15 Å². The molecule has 0 bridgehead atoms. The molecule has 4 aromatic rings. The van der Waals surface area contributed by atoms with Gasteiger partial charge in [-0.05, 0) is 24.3 Å². The van der Waals surface area contributed by atoms with Crippen molar-refractivity contribution in [3.63, 3.8) is 0 Å². The van der Waals surface area contributed by atoms with E-state index in [1.54, 1.807) is 37.0 Å². The molecule has 2 aromatic heterocycles. The molecule has 28 heavy (non-hydrogen) atoms. The van der Waals surface area contributed by atoms with Crippen molar-refractivity contribution in [2.45, 2.75) is 19.3 Å². The second kappa shape index (κ2) is 8.36. The quantitative estimate of drug-likeness (QED) is 0.308. The number of fused-ring (bicyclic) bond motifs is 1. The van der Waals surface area contributed by atoms with Gasteiger partial charge in [-0.1, -0.05) is 52.5 Å². The summed E-state index contributed by atoms with van der Waals surface area (Å²) in [6.45, 7) is 0.834. The number of rotatable bonds is 6. The molecule has 0 amide bonds. The Bertz CT molecular complexity index is 1110. The Morgan fingerprint density at radius 1 is 1.04 bits per heavy atom. The van der Waals surface area contributed by atoms with E-state index in [-0.39, 0.29) is 6.10 Å². The largest absolute Gasteiger partial charge is 0.462 e. The van der Waals surface area contributed by atoms with Gasteiger partial charge in [-0.25, -0.2) is 4.98 Å². The van der Waals surface area contributed by atoms with E-state index in [0.29, 0.717) is 38.8 Å². The third-order valence-electron chi connectivity index (χ3n) is 4.36. The van der Waals surface area contributed by atoms with Gasteiger partial charge >= 0.3 is 0 Å². The van der Waals surface area contributed by atoms with Crippen molar-refractivity contribution >= 4 is 57.4 Å². The van der Waals surface area contributed by atoms with Gasteiger partial charge in [-0.3, -0.25) is 0 Å². The van der Waals surface area contributed by atoms with Crippen LogP contribution in [-0.4, -0.2) is 9.55 Å². The van der Waals surface area contributed by atoms with Crippen molar-refractivity contribution in [3.8, 4) is 0 Å². The molecular weight excluding hydrogens is 442 g/mol. The van der Waals surface area contributed by atoms with Crippen molar-refractivity contribution in [2.24, 2.45) is 0 Å². The number of nitrogens with zero attached hydrogens (tertiary/aromatic N) is 2. The van der Waals surface area contributed by atoms with Crippen LogP contribution in [0, 0.1) is 0 Å². The van der Waals surface area contributed by atoms with E-state index >= 15 is 0 Å². The summed E-state index contributed by atoms with van der Waals surface area (Å²) < 4.78 is 13.7. The van der Waals surface area contributed by atoms with Crippen LogP contribution in [0.3, 0.4) is 0 Å². The van der Waals surface area contributed by atoms with E-state index in [1.807, 2.05) is 22.9 Å². The Morgan fingerprint density at radius 2 is 1.86 bits per heavy atom. The molecule has 0 saturated heterocycles. The highest BCUT2D eigenvalue weighted by molar-refractivity contribution is 6.38. The normalized spacial score (nSPS) is 12.6. The van der Waals surface area contributed by atoms with Gasteiger partial charge in [0.15, 0.2) is 5.58 Å². The van der Waals surface area contributed by atoms with Crippen LogP contribution in [0.4, 0.5) is 0 Å². The van der Waals surface area contributed by atoms with Crippen LogP contribution in [0.2, 0.25) is 20.1 Å². The first-order chi connectivity index (χ1) is 13.5. The molecule has 0 spiro atoms. The fourth-order valence-corrected chi connectivity index (χ4v) is 4.07. The number of halogens is 4. The summed E-state index contributed by atoms with van der Waals surface area (Å²) >= 11 is 24.8. The Balaban J connectivity index is 1.63. The summed E-state index contributed by atoms with van der Waals surface area (Å²) in [7, 11) is 0. The van der Waals surface area contributed by atoms with Crippen LogP contribution in [-0.2, 0) is 17.9 Å². The van der Waals surface area contributed by atoms with Crippen LogP contribution in [0.1, 0.15) is 17.2 Å². The lowest BCUT2D eigenvalue weighted by atomic mass is 10.1. The highest BCUT2D eigenvalue weighted by atomic mass is 35.5. The smallest absolute Gasteiger partial charge is 0.152 e. The first kappa shape index (κ1) is 19.6. The number of ether oxygens (including phenoxy) is 1. The molecule has 0 aliphatic carbocycles. The maximum absolute atomic E-state index is 6.42. The van der Waals surface area contributed by atoms with Gasteiger partial charge < -0.3 is 13.7 Å². The summed E-state index contributed by atoms with van der Waals surface area (Å²) in [5.41, 5.74) is 2.27. The highest BCUT2D eigenvalue weighted by Gasteiger charge is 2.19. The Hall–Kier alpha value is -1.69. The maximum Gasteiger partial charge on any atom is 0.152 e. The van der Waals surface area contributed by atoms with Gasteiger partial charge in [0, 0.05) is 44.0 Å². The van der Waals surface area contributed by atoms with E-state index in [0.717, 1.165) is 16.5 Å².